The molecule has 0 aliphatic rings. The third-order valence-electron chi connectivity index (χ3n) is 1.01. The third-order valence-corrected chi connectivity index (χ3v) is 1.81. The second-order valence-electron chi connectivity index (χ2n) is 1.61. The van der Waals surface area contributed by atoms with E-state index >= 15 is 0 Å². The van der Waals surface area contributed by atoms with Crippen LogP contribution in [0.2, 0.25) is 0 Å². The number of hydrogen-bond acceptors (Lipinski definition) is 4. The lowest BCUT2D eigenvalue weighted by molar-refractivity contribution is 0.388. The summed E-state index contributed by atoms with van der Waals surface area (Å²) in [6, 6.07) is 0. The number of hydrogen-bond donors (Lipinski definition) is 2. The summed E-state index contributed by atoms with van der Waals surface area (Å²) in [6.45, 7) is 2.02. The number of nitrogens with one attached hydrogen (secondary N) is 1. The predicted molar refractivity (Wildman–Crippen MR) is 36.9 cm³/mol. The van der Waals surface area contributed by atoms with E-state index in [0.717, 1.165) is 12.1 Å². The smallest absolute Gasteiger partial charge is 0.206 e. The largest absolute Gasteiger partial charge is 0.289 e. The van der Waals surface area contributed by atoms with Crippen LogP contribution in [-0.4, -0.2) is 10.2 Å². The Kier molecular flexibility index (Phi) is 2.02. The quantitative estimate of drug-likeness (QED) is 0.618. The minimum Gasteiger partial charge on any atom is -0.289 e. The van der Waals surface area contributed by atoms with E-state index in [1.54, 1.807) is 0 Å². The first kappa shape index (κ1) is 6.51. The summed E-state index contributed by atoms with van der Waals surface area (Å²) in [6.07, 6.45) is 0.915. The van der Waals surface area contributed by atoms with Crippen molar-refractivity contribution in [1.29, 1.82) is 0 Å². The lowest BCUT2D eigenvalue weighted by Gasteiger charge is -1.85. The molecule has 0 aliphatic carbocycles. The number of aryl methyl sites for hydroxylation is 1. The zero-order valence-electron chi connectivity index (χ0n) is 5.09. The third kappa shape index (κ3) is 1.40. The van der Waals surface area contributed by atoms with Gasteiger partial charge in [0.25, 0.3) is 0 Å². The maximum atomic E-state index is 8.34. The van der Waals surface area contributed by atoms with Gasteiger partial charge in [-0.3, -0.25) is 5.21 Å². The SMILES string of the molecule is CCc1csc(NO)n1. The summed E-state index contributed by atoms with van der Waals surface area (Å²) in [5.41, 5.74) is 3.00. The van der Waals surface area contributed by atoms with E-state index in [0.29, 0.717) is 5.13 Å². The highest BCUT2D eigenvalue weighted by molar-refractivity contribution is 7.13. The molecule has 0 atom stereocenters. The second-order valence-corrected chi connectivity index (χ2v) is 2.47. The molecular formula is C5H8N2OS. The van der Waals surface area contributed by atoms with Crippen LogP contribution in [0, 0.1) is 0 Å². The van der Waals surface area contributed by atoms with Gasteiger partial charge in [0.15, 0.2) is 0 Å². The Morgan fingerprint density at radius 1 is 1.89 bits per heavy atom. The molecule has 2 N–H and O–H groups in total. The van der Waals surface area contributed by atoms with Crippen LogP contribution in [0.4, 0.5) is 5.13 Å². The Morgan fingerprint density at radius 3 is 3.00 bits per heavy atom. The molecule has 1 aromatic rings. The first-order valence-electron chi connectivity index (χ1n) is 2.71. The summed E-state index contributed by atoms with van der Waals surface area (Å²) in [5.74, 6) is 0. The van der Waals surface area contributed by atoms with Gasteiger partial charge in [0, 0.05) is 5.38 Å². The van der Waals surface area contributed by atoms with Gasteiger partial charge in [-0.15, -0.1) is 11.3 Å². The molecule has 0 amide bonds. The molecular weight excluding hydrogens is 136 g/mol. The molecule has 1 rings (SSSR count). The molecule has 0 bridgehead atoms. The predicted octanol–water partition coefficient (Wildman–Crippen LogP) is 1.51. The zero-order valence-corrected chi connectivity index (χ0v) is 5.90. The van der Waals surface area contributed by atoms with Gasteiger partial charge < -0.3 is 0 Å². The molecule has 0 radical (unpaired) electrons. The van der Waals surface area contributed by atoms with Gasteiger partial charge in [0.05, 0.1) is 5.69 Å². The Hall–Kier alpha value is -0.610. The normalized spacial score (nSPS) is 9.56. The fourth-order valence-corrected chi connectivity index (χ4v) is 1.21. The van der Waals surface area contributed by atoms with Crippen molar-refractivity contribution in [3.8, 4) is 0 Å². The number of thiazole rings is 1. The van der Waals surface area contributed by atoms with Crippen LogP contribution in [0.5, 0.6) is 0 Å². The number of nitrogens with zero attached hydrogens (tertiary/aromatic N) is 1. The Balaban J connectivity index is 2.74. The lowest BCUT2D eigenvalue weighted by Crippen LogP contribution is -1.87. The van der Waals surface area contributed by atoms with E-state index in [9.17, 15) is 0 Å². The average molecular weight is 144 g/mol. The molecule has 50 valence electrons. The fourth-order valence-electron chi connectivity index (χ4n) is 0.521. The van der Waals surface area contributed by atoms with Crippen molar-refractivity contribution in [2.75, 3.05) is 5.48 Å². The fraction of sp³-hybridized carbons (Fsp3) is 0.400. The average Bonchev–Trinajstić information content (AvgIpc) is 2.34. The molecule has 0 aromatic carbocycles. The molecule has 0 spiro atoms. The molecule has 1 aromatic heterocycles. The molecule has 0 fully saturated rings. The van der Waals surface area contributed by atoms with Crippen molar-refractivity contribution in [2.24, 2.45) is 0 Å². The van der Waals surface area contributed by atoms with Crippen molar-refractivity contribution in [3.05, 3.63) is 11.1 Å². The van der Waals surface area contributed by atoms with Gasteiger partial charge in [-0.1, -0.05) is 6.92 Å². The van der Waals surface area contributed by atoms with Crippen molar-refractivity contribution in [1.82, 2.24) is 4.98 Å². The van der Waals surface area contributed by atoms with Gasteiger partial charge in [0.2, 0.25) is 5.13 Å². The molecule has 0 saturated heterocycles. The van der Waals surface area contributed by atoms with Gasteiger partial charge in [-0.25, -0.2) is 10.5 Å². The van der Waals surface area contributed by atoms with E-state index in [4.69, 9.17) is 5.21 Å². The highest BCUT2D eigenvalue weighted by Gasteiger charge is 1.95. The minimum absolute atomic E-state index is 0.562. The van der Waals surface area contributed by atoms with Gasteiger partial charge in [-0.05, 0) is 6.42 Å². The summed E-state index contributed by atoms with van der Waals surface area (Å²) in [5, 5.41) is 10.8. The van der Waals surface area contributed by atoms with Crippen LogP contribution in [0.3, 0.4) is 0 Å². The molecule has 0 unspecified atom stereocenters. The van der Waals surface area contributed by atoms with E-state index in [2.05, 4.69) is 4.98 Å². The molecule has 1 heterocycles. The van der Waals surface area contributed by atoms with E-state index < -0.39 is 0 Å². The van der Waals surface area contributed by atoms with Crippen LogP contribution in [0.1, 0.15) is 12.6 Å². The van der Waals surface area contributed by atoms with Crippen LogP contribution in [-0.2, 0) is 6.42 Å². The van der Waals surface area contributed by atoms with Crippen molar-refractivity contribution in [2.45, 2.75) is 13.3 Å². The van der Waals surface area contributed by atoms with Gasteiger partial charge in [-0.2, -0.15) is 0 Å². The Labute approximate surface area is 57.3 Å². The van der Waals surface area contributed by atoms with Gasteiger partial charge in [0.1, 0.15) is 0 Å². The summed E-state index contributed by atoms with van der Waals surface area (Å²) < 4.78 is 0. The maximum Gasteiger partial charge on any atom is 0.206 e. The lowest BCUT2D eigenvalue weighted by atomic mass is 10.4. The van der Waals surface area contributed by atoms with Crippen molar-refractivity contribution >= 4 is 16.5 Å². The highest BCUT2D eigenvalue weighted by Crippen LogP contribution is 2.13. The van der Waals surface area contributed by atoms with E-state index in [-0.39, 0.29) is 0 Å². The number of aromatic nitrogens is 1. The topological polar surface area (TPSA) is 45.1 Å². The van der Waals surface area contributed by atoms with Crippen LogP contribution >= 0.6 is 11.3 Å². The molecule has 0 saturated carbocycles. The van der Waals surface area contributed by atoms with Crippen molar-refractivity contribution < 1.29 is 5.21 Å². The summed E-state index contributed by atoms with van der Waals surface area (Å²) in [4.78, 5) is 4.00. The van der Waals surface area contributed by atoms with Crippen LogP contribution in [0.15, 0.2) is 5.38 Å². The second kappa shape index (κ2) is 2.80. The van der Waals surface area contributed by atoms with E-state index in [1.165, 1.54) is 11.3 Å². The summed E-state index contributed by atoms with van der Waals surface area (Å²) in [7, 11) is 0. The van der Waals surface area contributed by atoms with Gasteiger partial charge >= 0.3 is 0 Å². The minimum atomic E-state index is 0.562. The first-order valence-corrected chi connectivity index (χ1v) is 3.59. The van der Waals surface area contributed by atoms with Crippen molar-refractivity contribution in [3.63, 3.8) is 0 Å². The highest BCUT2D eigenvalue weighted by atomic mass is 32.1. The standard InChI is InChI=1S/C5H8N2OS/c1-2-4-3-9-5(6-4)7-8/h3,8H,2H2,1H3,(H,6,7). The monoisotopic (exact) mass is 144 g/mol. The zero-order chi connectivity index (χ0) is 6.69. The summed E-state index contributed by atoms with van der Waals surface area (Å²) >= 11 is 1.40. The Bertz CT molecular complexity index is 168. The molecule has 3 nitrogen and oxygen atoms in total. The number of anilines is 1. The molecule has 9 heavy (non-hydrogen) atoms. The first-order chi connectivity index (χ1) is 4.36. The van der Waals surface area contributed by atoms with Crippen LogP contribution in [0.25, 0.3) is 0 Å². The van der Waals surface area contributed by atoms with E-state index in [1.807, 2.05) is 17.8 Å². The molecule has 0 aliphatic heterocycles. The molecule has 4 heteroatoms. The van der Waals surface area contributed by atoms with Crippen LogP contribution < -0.4 is 5.48 Å². The maximum absolute atomic E-state index is 8.34. The Morgan fingerprint density at radius 2 is 2.67 bits per heavy atom. The number of rotatable bonds is 2.